The molecule has 0 radical (unpaired) electrons. The summed E-state index contributed by atoms with van der Waals surface area (Å²) < 4.78 is 5.27. The Kier molecular flexibility index (Phi) is 4.92. The Morgan fingerprint density at radius 3 is 3.15 bits per heavy atom. The van der Waals surface area contributed by atoms with Gasteiger partial charge in [0.2, 0.25) is 0 Å². The first kappa shape index (κ1) is 10.6. The van der Waals surface area contributed by atoms with E-state index in [0.29, 0.717) is 6.61 Å². The minimum absolute atomic E-state index is 0.158. The molecule has 1 atom stereocenters. The van der Waals surface area contributed by atoms with E-state index in [4.69, 9.17) is 10.6 Å². The highest BCUT2D eigenvalue weighted by Gasteiger charge is 2.08. The molecule has 0 amide bonds. The Bertz CT molecular complexity index is 215. The van der Waals surface area contributed by atoms with Crippen molar-refractivity contribution in [3.05, 3.63) is 16.6 Å². The van der Waals surface area contributed by atoms with Crippen molar-refractivity contribution in [2.24, 2.45) is 5.84 Å². The van der Waals surface area contributed by atoms with E-state index in [0.717, 1.165) is 18.0 Å². The number of hydrazine groups is 1. The van der Waals surface area contributed by atoms with Gasteiger partial charge in [0.1, 0.15) is 0 Å². The smallest absolute Gasteiger partial charge is 0.0941 e. The number of hydrogen-bond acceptors (Lipinski definition) is 5. The zero-order chi connectivity index (χ0) is 9.52. The lowest BCUT2D eigenvalue weighted by molar-refractivity contribution is 0.123. The topological polar surface area (TPSA) is 60.2 Å². The van der Waals surface area contributed by atoms with E-state index in [-0.39, 0.29) is 6.04 Å². The van der Waals surface area contributed by atoms with E-state index in [1.807, 2.05) is 12.3 Å². The van der Waals surface area contributed by atoms with Crippen LogP contribution in [-0.2, 0) is 11.2 Å². The van der Waals surface area contributed by atoms with Crippen LogP contribution in [0.3, 0.4) is 0 Å². The summed E-state index contributed by atoms with van der Waals surface area (Å²) in [6.07, 6.45) is 2.63. The summed E-state index contributed by atoms with van der Waals surface area (Å²) in [5.74, 6) is 5.38. The van der Waals surface area contributed by atoms with Crippen molar-refractivity contribution >= 4 is 11.3 Å². The van der Waals surface area contributed by atoms with Gasteiger partial charge in [0.15, 0.2) is 0 Å². The molecule has 4 nitrogen and oxygen atoms in total. The van der Waals surface area contributed by atoms with E-state index in [1.54, 1.807) is 17.5 Å². The molecular formula is C8H15N3OS. The number of thiazole rings is 1. The Labute approximate surface area is 82.1 Å². The predicted molar refractivity (Wildman–Crippen MR) is 53.4 cm³/mol. The monoisotopic (exact) mass is 201 g/mol. The normalized spacial score (nSPS) is 13.1. The van der Waals surface area contributed by atoms with Crippen LogP contribution in [0.1, 0.15) is 11.9 Å². The van der Waals surface area contributed by atoms with Gasteiger partial charge in [-0.3, -0.25) is 11.3 Å². The van der Waals surface area contributed by atoms with Crippen molar-refractivity contribution in [2.75, 3.05) is 13.2 Å². The van der Waals surface area contributed by atoms with Crippen LogP contribution in [0.15, 0.2) is 11.6 Å². The molecule has 3 N–H and O–H groups in total. The molecule has 0 aliphatic rings. The lowest BCUT2D eigenvalue weighted by Gasteiger charge is -2.13. The fourth-order valence-electron chi connectivity index (χ4n) is 0.991. The fourth-order valence-corrected chi connectivity index (χ4v) is 1.69. The van der Waals surface area contributed by atoms with E-state index >= 15 is 0 Å². The van der Waals surface area contributed by atoms with Gasteiger partial charge in [0.25, 0.3) is 0 Å². The average molecular weight is 201 g/mol. The average Bonchev–Trinajstić information content (AvgIpc) is 2.64. The second kappa shape index (κ2) is 6.04. The van der Waals surface area contributed by atoms with Crippen LogP contribution in [0.5, 0.6) is 0 Å². The standard InChI is InChI=1S/C8H15N3OS/c1-2-12-6-7(11-9)5-8-10-3-4-13-8/h3-4,7,11H,2,5-6,9H2,1H3. The van der Waals surface area contributed by atoms with E-state index in [1.165, 1.54) is 0 Å². The van der Waals surface area contributed by atoms with Gasteiger partial charge in [-0.05, 0) is 6.92 Å². The maximum absolute atomic E-state index is 5.38. The van der Waals surface area contributed by atoms with Crippen LogP contribution in [-0.4, -0.2) is 24.2 Å². The minimum Gasteiger partial charge on any atom is -0.380 e. The molecule has 5 heteroatoms. The van der Waals surface area contributed by atoms with Crippen molar-refractivity contribution in [3.63, 3.8) is 0 Å². The molecular weight excluding hydrogens is 186 g/mol. The van der Waals surface area contributed by atoms with Crippen molar-refractivity contribution < 1.29 is 4.74 Å². The number of hydrogen-bond donors (Lipinski definition) is 2. The molecule has 0 saturated carbocycles. The first-order valence-electron chi connectivity index (χ1n) is 4.29. The highest BCUT2D eigenvalue weighted by Crippen LogP contribution is 2.06. The molecule has 74 valence electrons. The van der Waals surface area contributed by atoms with Crippen LogP contribution < -0.4 is 11.3 Å². The fraction of sp³-hybridized carbons (Fsp3) is 0.625. The maximum Gasteiger partial charge on any atom is 0.0941 e. The second-order valence-electron chi connectivity index (χ2n) is 2.65. The summed E-state index contributed by atoms with van der Waals surface area (Å²) in [5.41, 5.74) is 2.72. The van der Waals surface area contributed by atoms with Gasteiger partial charge in [0, 0.05) is 24.6 Å². The Balaban J connectivity index is 2.31. The molecule has 0 aromatic carbocycles. The zero-order valence-electron chi connectivity index (χ0n) is 7.69. The van der Waals surface area contributed by atoms with Crippen LogP contribution in [0.25, 0.3) is 0 Å². The highest BCUT2D eigenvalue weighted by molar-refractivity contribution is 7.09. The molecule has 1 aromatic rings. The SMILES string of the molecule is CCOCC(Cc1nccs1)NN. The van der Waals surface area contributed by atoms with Gasteiger partial charge in [-0.1, -0.05) is 0 Å². The van der Waals surface area contributed by atoms with Crippen molar-refractivity contribution in [1.29, 1.82) is 0 Å². The van der Waals surface area contributed by atoms with E-state index < -0.39 is 0 Å². The highest BCUT2D eigenvalue weighted by atomic mass is 32.1. The number of aromatic nitrogens is 1. The number of rotatable bonds is 6. The second-order valence-corrected chi connectivity index (χ2v) is 3.63. The summed E-state index contributed by atoms with van der Waals surface area (Å²) in [5, 5.41) is 3.05. The minimum atomic E-state index is 0.158. The quantitative estimate of drug-likeness (QED) is 0.521. The number of nitrogens with two attached hydrogens (primary N) is 1. The predicted octanol–water partition coefficient (Wildman–Crippen LogP) is 0.554. The molecule has 1 aromatic heterocycles. The Morgan fingerprint density at radius 2 is 2.62 bits per heavy atom. The molecule has 0 fully saturated rings. The van der Waals surface area contributed by atoms with Crippen molar-refractivity contribution in [3.8, 4) is 0 Å². The van der Waals surface area contributed by atoms with Gasteiger partial charge in [0.05, 0.1) is 17.7 Å². The number of ether oxygens (including phenoxy) is 1. The summed E-state index contributed by atoms with van der Waals surface area (Å²) in [7, 11) is 0. The van der Waals surface area contributed by atoms with Gasteiger partial charge in [-0.25, -0.2) is 4.98 Å². The molecule has 0 spiro atoms. The van der Waals surface area contributed by atoms with Gasteiger partial charge >= 0.3 is 0 Å². The molecule has 0 aliphatic carbocycles. The van der Waals surface area contributed by atoms with E-state index in [9.17, 15) is 0 Å². The molecule has 13 heavy (non-hydrogen) atoms. The molecule has 1 unspecified atom stereocenters. The largest absolute Gasteiger partial charge is 0.380 e. The van der Waals surface area contributed by atoms with Crippen LogP contribution in [0, 0.1) is 0 Å². The molecule has 0 aliphatic heterocycles. The van der Waals surface area contributed by atoms with Crippen LogP contribution in [0.2, 0.25) is 0 Å². The third kappa shape index (κ3) is 3.82. The lowest BCUT2D eigenvalue weighted by atomic mass is 10.2. The van der Waals surface area contributed by atoms with Gasteiger partial charge in [-0.2, -0.15) is 0 Å². The first-order valence-corrected chi connectivity index (χ1v) is 5.17. The third-order valence-electron chi connectivity index (χ3n) is 1.66. The lowest BCUT2D eigenvalue weighted by Crippen LogP contribution is -2.40. The zero-order valence-corrected chi connectivity index (χ0v) is 8.51. The number of nitrogens with zero attached hydrogens (tertiary/aromatic N) is 1. The van der Waals surface area contributed by atoms with Crippen molar-refractivity contribution in [2.45, 2.75) is 19.4 Å². The molecule has 1 heterocycles. The Morgan fingerprint density at radius 1 is 1.77 bits per heavy atom. The molecule has 0 saturated heterocycles. The van der Waals surface area contributed by atoms with Crippen LogP contribution in [0.4, 0.5) is 0 Å². The van der Waals surface area contributed by atoms with E-state index in [2.05, 4.69) is 10.4 Å². The third-order valence-corrected chi connectivity index (χ3v) is 2.47. The summed E-state index contributed by atoms with van der Waals surface area (Å²) in [6, 6.07) is 0.158. The number of nitrogens with one attached hydrogen (secondary N) is 1. The first-order chi connectivity index (χ1) is 6.36. The van der Waals surface area contributed by atoms with Crippen molar-refractivity contribution in [1.82, 2.24) is 10.4 Å². The van der Waals surface area contributed by atoms with Crippen LogP contribution >= 0.6 is 11.3 Å². The summed E-state index contributed by atoms with van der Waals surface area (Å²) in [4.78, 5) is 4.18. The summed E-state index contributed by atoms with van der Waals surface area (Å²) in [6.45, 7) is 3.32. The maximum atomic E-state index is 5.38. The molecule has 1 rings (SSSR count). The Hall–Kier alpha value is -0.490. The summed E-state index contributed by atoms with van der Waals surface area (Å²) >= 11 is 1.64. The molecule has 0 bridgehead atoms. The van der Waals surface area contributed by atoms with Gasteiger partial charge in [-0.15, -0.1) is 11.3 Å². The van der Waals surface area contributed by atoms with Gasteiger partial charge < -0.3 is 4.74 Å².